The van der Waals surface area contributed by atoms with Crippen molar-refractivity contribution >= 4 is 11.8 Å². The molecule has 1 saturated heterocycles. The Morgan fingerprint density at radius 3 is 2.67 bits per heavy atom. The highest BCUT2D eigenvalue weighted by Crippen LogP contribution is 2.18. The van der Waals surface area contributed by atoms with E-state index in [4.69, 9.17) is 5.73 Å². The van der Waals surface area contributed by atoms with Crippen molar-refractivity contribution in [2.45, 2.75) is 58.0 Å². The van der Waals surface area contributed by atoms with Gasteiger partial charge in [-0.3, -0.25) is 9.59 Å². The molecule has 0 aromatic rings. The first-order valence-electron chi connectivity index (χ1n) is 6.63. The van der Waals surface area contributed by atoms with Gasteiger partial charge in [0.25, 0.3) is 0 Å². The van der Waals surface area contributed by atoms with E-state index in [-0.39, 0.29) is 18.4 Å². The number of nitrogens with one attached hydrogen (secondary N) is 2. The molecule has 1 rings (SSSR count). The highest BCUT2D eigenvalue weighted by Gasteiger charge is 2.27. The normalized spacial score (nSPS) is 24.6. The summed E-state index contributed by atoms with van der Waals surface area (Å²) in [6.07, 6.45) is 2.96. The molecule has 104 valence electrons. The summed E-state index contributed by atoms with van der Waals surface area (Å²) in [4.78, 5) is 22.8. The molecule has 5 nitrogen and oxygen atoms in total. The van der Waals surface area contributed by atoms with Crippen LogP contribution in [0.4, 0.5) is 0 Å². The number of nitrogens with two attached hydrogens (primary N) is 1. The van der Waals surface area contributed by atoms with Gasteiger partial charge in [0.2, 0.25) is 11.8 Å². The summed E-state index contributed by atoms with van der Waals surface area (Å²) in [6.45, 7) is 6.77. The number of carbonyl (C=O) groups is 2. The molecule has 0 aromatic carbocycles. The number of carbonyl (C=O) groups excluding carboxylic acids is 2. The fraction of sp³-hybridized carbons (Fsp3) is 0.846. The van der Waals surface area contributed by atoms with Crippen molar-refractivity contribution < 1.29 is 9.59 Å². The summed E-state index contributed by atoms with van der Waals surface area (Å²) in [5.41, 5.74) is 4.59. The van der Waals surface area contributed by atoms with Gasteiger partial charge in [0.1, 0.15) is 0 Å². The standard InChI is InChI=1S/C13H25N3O2/c1-9-5-4-6-15-10(9)7-12(18)16-13(2,3)8-11(14)17/h9-10,15H,4-8H2,1-3H3,(H2,14,17)(H,16,18). The molecule has 5 heteroatoms. The summed E-state index contributed by atoms with van der Waals surface area (Å²) in [5.74, 6) is 0.0979. The van der Waals surface area contributed by atoms with Gasteiger partial charge in [-0.25, -0.2) is 0 Å². The van der Waals surface area contributed by atoms with Gasteiger partial charge in [-0.2, -0.15) is 0 Å². The van der Waals surface area contributed by atoms with Gasteiger partial charge >= 0.3 is 0 Å². The smallest absolute Gasteiger partial charge is 0.221 e. The molecule has 0 aromatic heterocycles. The number of rotatable bonds is 5. The molecule has 0 saturated carbocycles. The molecule has 18 heavy (non-hydrogen) atoms. The van der Waals surface area contributed by atoms with Crippen LogP contribution in [0.2, 0.25) is 0 Å². The molecule has 2 unspecified atom stereocenters. The van der Waals surface area contributed by atoms with E-state index < -0.39 is 11.4 Å². The SMILES string of the molecule is CC1CCCNC1CC(=O)NC(C)(C)CC(N)=O. The Balaban J connectivity index is 2.43. The maximum Gasteiger partial charge on any atom is 0.221 e. The molecule has 1 heterocycles. The van der Waals surface area contributed by atoms with Gasteiger partial charge in [-0.05, 0) is 39.2 Å². The van der Waals surface area contributed by atoms with Crippen LogP contribution in [0.15, 0.2) is 0 Å². The van der Waals surface area contributed by atoms with Crippen LogP contribution in [0.1, 0.15) is 46.5 Å². The predicted octanol–water partition coefficient (Wildman–Crippen LogP) is 0.535. The lowest BCUT2D eigenvalue weighted by Gasteiger charge is -2.31. The number of hydrogen-bond acceptors (Lipinski definition) is 3. The fourth-order valence-corrected chi connectivity index (χ4v) is 2.50. The van der Waals surface area contributed by atoms with Crippen molar-refractivity contribution in [3.05, 3.63) is 0 Å². The molecule has 0 bridgehead atoms. The summed E-state index contributed by atoms with van der Waals surface area (Å²) in [5, 5.41) is 6.25. The lowest BCUT2D eigenvalue weighted by Crippen LogP contribution is -2.49. The maximum atomic E-state index is 12.0. The second-order valence-corrected chi connectivity index (χ2v) is 5.96. The van der Waals surface area contributed by atoms with Crippen LogP contribution in [0.3, 0.4) is 0 Å². The zero-order valence-electron chi connectivity index (χ0n) is 11.6. The van der Waals surface area contributed by atoms with Crippen LogP contribution >= 0.6 is 0 Å². The van der Waals surface area contributed by atoms with E-state index in [1.807, 2.05) is 13.8 Å². The lowest BCUT2D eigenvalue weighted by atomic mass is 9.90. The monoisotopic (exact) mass is 255 g/mol. The second-order valence-electron chi connectivity index (χ2n) is 5.96. The Bertz CT molecular complexity index is 315. The summed E-state index contributed by atoms with van der Waals surface area (Å²) >= 11 is 0. The Hall–Kier alpha value is -1.10. The van der Waals surface area contributed by atoms with E-state index in [2.05, 4.69) is 17.6 Å². The molecule has 0 radical (unpaired) electrons. The van der Waals surface area contributed by atoms with Gasteiger partial charge in [0.15, 0.2) is 0 Å². The minimum absolute atomic E-state index is 0.0208. The van der Waals surface area contributed by atoms with Crippen molar-refractivity contribution in [1.29, 1.82) is 0 Å². The summed E-state index contributed by atoms with van der Waals surface area (Å²) in [7, 11) is 0. The van der Waals surface area contributed by atoms with Crippen LogP contribution in [0, 0.1) is 5.92 Å². The van der Waals surface area contributed by atoms with Gasteiger partial charge in [-0.1, -0.05) is 6.92 Å². The van der Waals surface area contributed by atoms with Gasteiger partial charge < -0.3 is 16.4 Å². The molecular weight excluding hydrogens is 230 g/mol. The van der Waals surface area contributed by atoms with Gasteiger partial charge in [-0.15, -0.1) is 0 Å². The minimum atomic E-state index is -0.569. The Morgan fingerprint density at radius 2 is 2.11 bits per heavy atom. The molecule has 4 N–H and O–H groups in total. The Morgan fingerprint density at radius 1 is 1.44 bits per heavy atom. The van der Waals surface area contributed by atoms with Crippen LogP contribution < -0.4 is 16.4 Å². The zero-order valence-corrected chi connectivity index (χ0v) is 11.6. The summed E-state index contributed by atoms with van der Waals surface area (Å²) < 4.78 is 0. The first kappa shape index (κ1) is 15.0. The number of primary amides is 1. The van der Waals surface area contributed by atoms with Crippen molar-refractivity contribution in [3.8, 4) is 0 Å². The second kappa shape index (κ2) is 6.18. The highest BCUT2D eigenvalue weighted by atomic mass is 16.2. The predicted molar refractivity (Wildman–Crippen MR) is 70.8 cm³/mol. The van der Waals surface area contributed by atoms with Crippen molar-refractivity contribution in [2.75, 3.05) is 6.54 Å². The number of piperidine rings is 1. The topological polar surface area (TPSA) is 84.2 Å². The van der Waals surface area contributed by atoms with E-state index in [1.54, 1.807) is 0 Å². The van der Waals surface area contributed by atoms with E-state index in [9.17, 15) is 9.59 Å². The van der Waals surface area contributed by atoms with E-state index >= 15 is 0 Å². The largest absolute Gasteiger partial charge is 0.370 e. The third-order valence-electron chi connectivity index (χ3n) is 3.43. The maximum absolute atomic E-state index is 12.0. The number of amides is 2. The van der Waals surface area contributed by atoms with E-state index in [0.717, 1.165) is 13.0 Å². The molecular formula is C13H25N3O2. The first-order chi connectivity index (χ1) is 8.30. The average Bonchev–Trinajstić information content (AvgIpc) is 2.18. The minimum Gasteiger partial charge on any atom is -0.370 e. The van der Waals surface area contributed by atoms with E-state index in [0.29, 0.717) is 12.3 Å². The van der Waals surface area contributed by atoms with E-state index in [1.165, 1.54) is 6.42 Å². The fourth-order valence-electron chi connectivity index (χ4n) is 2.50. The van der Waals surface area contributed by atoms with Crippen LogP contribution in [0.25, 0.3) is 0 Å². The van der Waals surface area contributed by atoms with Gasteiger partial charge in [0, 0.05) is 24.4 Å². The molecule has 2 amide bonds. The van der Waals surface area contributed by atoms with Crippen molar-refractivity contribution in [1.82, 2.24) is 10.6 Å². The van der Waals surface area contributed by atoms with Gasteiger partial charge in [0.05, 0.1) is 0 Å². The zero-order chi connectivity index (χ0) is 13.8. The molecule has 2 atom stereocenters. The summed E-state index contributed by atoms with van der Waals surface area (Å²) in [6, 6.07) is 0.239. The molecule has 1 aliphatic heterocycles. The number of hydrogen-bond donors (Lipinski definition) is 3. The average molecular weight is 255 g/mol. The quantitative estimate of drug-likeness (QED) is 0.670. The molecule has 0 spiro atoms. The van der Waals surface area contributed by atoms with Crippen LogP contribution in [-0.2, 0) is 9.59 Å². The molecule has 0 aliphatic carbocycles. The third kappa shape index (κ3) is 5.04. The Labute approximate surface area is 109 Å². The van der Waals surface area contributed by atoms with Crippen molar-refractivity contribution in [2.24, 2.45) is 11.7 Å². The van der Waals surface area contributed by atoms with Crippen LogP contribution in [-0.4, -0.2) is 29.9 Å². The van der Waals surface area contributed by atoms with Crippen molar-refractivity contribution in [3.63, 3.8) is 0 Å². The first-order valence-corrected chi connectivity index (χ1v) is 6.63. The lowest BCUT2D eigenvalue weighted by molar-refractivity contribution is -0.124. The van der Waals surface area contributed by atoms with Crippen LogP contribution in [0.5, 0.6) is 0 Å². The molecule has 1 aliphatic rings. The Kier molecular flexibility index (Phi) is 5.14. The molecule has 1 fully saturated rings. The highest BCUT2D eigenvalue weighted by molar-refractivity contribution is 5.80. The third-order valence-corrected chi connectivity index (χ3v) is 3.43.